The largest absolute Gasteiger partial charge is 2.00 e. The summed E-state index contributed by atoms with van der Waals surface area (Å²) in [6.45, 7) is 0.643. The van der Waals surface area contributed by atoms with Crippen LogP contribution in [0.5, 0.6) is 0 Å². The van der Waals surface area contributed by atoms with Crippen LogP contribution in [0.25, 0.3) is 0 Å². The van der Waals surface area contributed by atoms with E-state index in [4.69, 9.17) is 4.74 Å². The molecule has 1 atom stereocenters. The Morgan fingerprint density at radius 3 is 1.67 bits per heavy atom. The smallest absolute Gasteiger partial charge is 0.478 e. The molecule has 1 N–H and O–H groups in total. The summed E-state index contributed by atoms with van der Waals surface area (Å²) in [5, 5.41) is 11.3. The SMILES string of the molecule is OC([C]1[CH][CH][CH][CH]1)(c1ccccc1)c1ccccc1.[CH]1[CH][CH][C](C2=N[C@H](c3ccccc3)CO2)[CH]1.[Fe+2]. The Morgan fingerprint density at radius 1 is 0.667 bits per heavy atom. The van der Waals surface area contributed by atoms with Gasteiger partial charge in [0.05, 0.1) is 5.92 Å². The van der Waals surface area contributed by atoms with Gasteiger partial charge in [0.2, 0.25) is 0 Å². The second kappa shape index (κ2) is 12.7. The van der Waals surface area contributed by atoms with Crippen molar-refractivity contribution < 1.29 is 26.9 Å². The van der Waals surface area contributed by atoms with Crippen molar-refractivity contribution >= 4 is 5.90 Å². The molecule has 0 bridgehead atoms. The van der Waals surface area contributed by atoms with E-state index in [1.165, 1.54) is 5.56 Å². The van der Waals surface area contributed by atoms with Gasteiger partial charge < -0.3 is 9.84 Å². The average Bonchev–Trinajstić information content (AvgIpc) is 3.73. The van der Waals surface area contributed by atoms with E-state index in [0.717, 1.165) is 28.9 Å². The molecule has 3 aliphatic rings. The van der Waals surface area contributed by atoms with Crippen molar-refractivity contribution in [1.82, 2.24) is 0 Å². The van der Waals surface area contributed by atoms with Crippen LogP contribution >= 0.6 is 0 Å². The first kappa shape index (κ1) is 26.7. The van der Waals surface area contributed by atoms with Gasteiger partial charge in [-0.2, -0.15) is 0 Å². The van der Waals surface area contributed by atoms with Gasteiger partial charge in [-0.15, -0.1) is 0 Å². The van der Waals surface area contributed by atoms with Crippen molar-refractivity contribution in [1.29, 1.82) is 0 Å². The molecule has 2 saturated carbocycles. The van der Waals surface area contributed by atoms with E-state index in [2.05, 4.69) is 17.1 Å². The molecule has 3 nitrogen and oxygen atoms in total. The van der Waals surface area contributed by atoms with Gasteiger partial charge in [0.1, 0.15) is 18.2 Å². The van der Waals surface area contributed by atoms with Crippen molar-refractivity contribution in [3.05, 3.63) is 171 Å². The molecule has 2 fully saturated rings. The fourth-order valence-electron chi connectivity index (χ4n) is 4.37. The van der Waals surface area contributed by atoms with Gasteiger partial charge in [-0.3, -0.25) is 0 Å². The van der Waals surface area contributed by atoms with Gasteiger partial charge in [-0.25, -0.2) is 4.99 Å². The second-order valence-electron chi connectivity index (χ2n) is 8.46. The molecule has 0 saturated heterocycles. The van der Waals surface area contributed by atoms with Crippen molar-refractivity contribution in [2.24, 2.45) is 4.99 Å². The molecule has 178 valence electrons. The summed E-state index contributed by atoms with van der Waals surface area (Å²) in [4.78, 5) is 4.60. The number of nitrogens with zero attached hydrogens (tertiary/aromatic N) is 1. The number of aliphatic hydroxyl groups is 1. The topological polar surface area (TPSA) is 41.8 Å². The summed E-state index contributed by atoms with van der Waals surface area (Å²) in [6, 6.07) is 30.0. The van der Waals surface area contributed by atoms with E-state index in [1.807, 2.05) is 130 Å². The molecule has 10 radical (unpaired) electrons. The first-order chi connectivity index (χ1) is 17.2. The van der Waals surface area contributed by atoms with Gasteiger partial charge >= 0.3 is 17.1 Å². The zero-order valence-corrected chi connectivity index (χ0v) is 20.8. The molecular formula is C32H27FeNO2+2. The molecule has 0 unspecified atom stereocenters. The van der Waals surface area contributed by atoms with Gasteiger partial charge in [-0.05, 0) is 68.1 Å². The molecule has 1 heterocycles. The molecule has 1 aliphatic heterocycles. The maximum absolute atomic E-state index is 11.3. The minimum absolute atomic E-state index is 0. The van der Waals surface area contributed by atoms with E-state index in [9.17, 15) is 5.11 Å². The third-order valence-corrected chi connectivity index (χ3v) is 6.21. The van der Waals surface area contributed by atoms with Gasteiger partial charge in [0.15, 0.2) is 5.90 Å². The fourth-order valence-corrected chi connectivity index (χ4v) is 4.37. The van der Waals surface area contributed by atoms with E-state index < -0.39 is 5.60 Å². The first-order valence-electron chi connectivity index (χ1n) is 11.8. The third-order valence-electron chi connectivity index (χ3n) is 6.21. The Bertz CT molecular complexity index is 1040. The molecule has 0 amide bonds. The summed E-state index contributed by atoms with van der Waals surface area (Å²) in [5.41, 5.74) is 1.88. The first-order valence-corrected chi connectivity index (χ1v) is 11.8. The van der Waals surface area contributed by atoms with Gasteiger partial charge in [0, 0.05) is 5.92 Å². The minimum atomic E-state index is -1.09. The van der Waals surface area contributed by atoms with Crippen LogP contribution in [0.2, 0.25) is 0 Å². The van der Waals surface area contributed by atoms with Crippen LogP contribution in [0.4, 0.5) is 0 Å². The summed E-state index contributed by atoms with van der Waals surface area (Å²) in [7, 11) is 0. The Labute approximate surface area is 226 Å². The molecule has 0 spiro atoms. The van der Waals surface area contributed by atoms with Crippen LogP contribution in [0, 0.1) is 63.2 Å². The summed E-state index contributed by atoms with van der Waals surface area (Å²) in [6.07, 6.45) is 15.9. The van der Waals surface area contributed by atoms with Crippen molar-refractivity contribution in [2.75, 3.05) is 6.61 Å². The molecule has 6 rings (SSSR count). The minimum Gasteiger partial charge on any atom is -0.478 e. The van der Waals surface area contributed by atoms with Crippen molar-refractivity contribution in [3.63, 3.8) is 0 Å². The zero-order valence-electron chi connectivity index (χ0n) is 19.7. The summed E-state index contributed by atoms with van der Waals surface area (Å²) < 4.78 is 5.61. The number of benzene rings is 3. The number of hydrogen-bond donors (Lipinski definition) is 1. The van der Waals surface area contributed by atoms with Crippen molar-refractivity contribution in [3.8, 4) is 0 Å². The number of aliphatic imine (C=N–C) groups is 1. The monoisotopic (exact) mass is 513 g/mol. The van der Waals surface area contributed by atoms with E-state index >= 15 is 0 Å². The molecule has 3 aromatic carbocycles. The third kappa shape index (κ3) is 5.94. The van der Waals surface area contributed by atoms with Crippen LogP contribution < -0.4 is 0 Å². The molecule has 3 aromatic rings. The molecule has 4 heteroatoms. The second-order valence-corrected chi connectivity index (χ2v) is 8.46. The Hall–Kier alpha value is -2.39. The maximum Gasteiger partial charge on any atom is 2.00 e. The quantitative estimate of drug-likeness (QED) is 0.433. The molecule has 36 heavy (non-hydrogen) atoms. The van der Waals surface area contributed by atoms with Gasteiger partial charge in [0.25, 0.3) is 0 Å². The van der Waals surface area contributed by atoms with E-state index in [0.29, 0.717) is 6.61 Å². The average molecular weight is 513 g/mol. The maximum atomic E-state index is 11.3. The summed E-state index contributed by atoms with van der Waals surface area (Å²) in [5.74, 6) is 2.72. The molecule has 0 aromatic heterocycles. The molecule has 2 aliphatic carbocycles. The van der Waals surface area contributed by atoms with Crippen LogP contribution in [-0.4, -0.2) is 17.6 Å². The predicted molar refractivity (Wildman–Crippen MR) is 139 cm³/mol. The van der Waals surface area contributed by atoms with Crippen LogP contribution in [0.1, 0.15) is 22.7 Å². The predicted octanol–water partition coefficient (Wildman–Crippen LogP) is 5.89. The fraction of sp³-hybridized carbons (Fsp3) is 0.0938. The Balaban J connectivity index is 0.000000167. The van der Waals surface area contributed by atoms with Crippen LogP contribution in [-0.2, 0) is 27.4 Å². The number of rotatable bonds is 5. The van der Waals surface area contributed by atoms with Crippen LogP contribution in [0.3, 0.4) is 0 Å². The molecular weight excluding hydrogens is 486 g/mol. The van der Waals surface area contributed by atoms with Crippen LogP contribution in [0.15, 0.2) is 96.0 Å². The number of ether oxygens (including phenoxy) is 1. The normalized spacial score (nSPS) is 20.1. The summed E-state index contributed by atoms with van der Waals surface area (Å²) >= 11 is 0. The standard InChI is InChI=1S/C18H15O.C14H12NO.Fe/c19-18(17-13-7-8-14-17,15-9-3-1-4-10-15)16-11-5-2-6-12-16;1-2-6-11(7-3-1)13-10-16-14(15-13)12-8-4-5-9-12;/h1-14,19H;1-9,13H,10H2;/q;;+2/t;13-;/m.0./s1. The van der Waals surface area contributed by atoms with Crippen molar-refractivity contribution in [2.45, 2.75) is 11.6 Å². The Kier molecular flexibility index (Phi) is 9.42. The Morgan fingerprint density at radius 2 is 1.14 bits per heavy atom. The van der Waals surface area contributed by atoms with E-state index in [-0.39, 0.29) is 23.1 Å². The zero-order chi connectivity index (χ0) is 23.9. The van der Waals surface area contributed by atoms with E-state index in [1.54, 1.807) is 0 Å². The number of hydrogen-bond acceptors (Lipinski definition) is 3. The van der Waals surface area contributed by atoms with Gasteiger partial charge in [-0.1, -0.05) is 91.0 Å².